The third kappa shape index (κ3) is 3.62. The number of aryl methyl sites for hydroxylation is 1. The first-order valence-corrected chi connectivity index (χ1v) is 6.59. The van der Waals surface area contributed by atoms with Gasteiger partial charge < -0.3 is 10.1 Å². The Bertz CT molecular complexity index is 633. The number of pyridine rings is 1. The van der Waals surface area contributed by atoms with Gasteiger partial charge in [-0.2, -0.15) is 0 Å². The van der Waals surface area contributed by atoms with E-state index in [0.29, 0.717) is 33.7 Å². The van der Waals surface area contributed by atoms with Crippen molar-refractivity contribution in [1.29, 1.82) is 0 Å². The largest absolute Gasteiger partial charge is 0.461 e. The highest BCUT2D eigenvalue weighted by molar-refractivity contribution is 6.36. The van der Waals surface area contributed by atoms with Crippen LogP contribution >= 0.6 is 23.2 Å². The van der Waals surface area contributed by atoms with Crippen LogP contribution < -0.4 is 5.32 Å². The molecule has 0 saturated carbocycles. The minimum absolute atomic E-state index is 0.132. The van der Waals surface area contributed by atoms with Gasteiger partial charge in [0.1, 0.15) is 12.4 Å². The fraction of sp³-hybridized carbons (Fsp3) is 0.143. The Hall–Kier alpha value is -1.78. The summed E-state index contributed by atoms with van der Waals surface area (Å²) in [5, 5.41) is 4.21. The summed E-state index contributed by atoms with van der Waals surface area (Å²) in [7, 11) is 0. The van der Waals surface area contributed by atoms with Crippen molar-refractivity contribution in [1.82, 2.24) is 4.98 Å². The van der Waals surface area contributed by atoms with E-state index in [1.54, 1.807) is 24.3 Å². The SMILES string of the molecule is Cc1ccc(COC=O)nc1Nc1ccc(Cl)cc1Cl. The van der Waals surface area contributed by atoms with E-state index < -0.39 is 0 Å². The van der Waals surface area contributed by atoms with E-state index in [2.05, 4.69) is 15.0 Å². The third-order valence-corrected chi connectivity index (χ3v) is 3.19. The van der Waals surface area contributed by atoms with Gasteiger partial charge in [-0.05, 0) is 36.8 Å². The molecule has 0 saturated heterocycles. The lowest BCUT2D eigenvalue weighted by Crippen LogP contribution is -2.01. The summed E-state index contributed by atoms with van der Waals surface area (Å²) in [5.74, 6) is 0.654. The molecule has 0 spiro atoms. The Labute approximate surface area is 126 Å². The Morgan fingerprint density at radius 3 is 2.80 bits per heavy atom. The molecule has 1 N–H and O–H groups in total. The third-order valence-electron chi connectivity index (χ3n) is 2.64. The number of halogens is 2. The molecule has 0 bridgehead atoms. The molecule has 20 heavy (non-hydrogen) atoms. The number of ether oxygens (including phenoxy) is 1. The lowest BCUT2D eigenvalue weighted by atomic mass is 10.2. The van der Waals surface area contributed by atoms with Crippen LogP contribution in [0.25, 0.3) is 0 Å². The second kappa shape index (κ2) is 6.59. The molecule has 0 amide bonds. The molecule has 0 radical (unpaired) electrons. The zero-order valence-corrected chi connectivity index (χ0v) is 12.2. The maximum atomic E-state index is 10.2. The van der Waals surface area contributed by atoms with E-state index in [9.17, 15) is 4.79 Å². The average molecular weight is 311 g/mol. The van der Waals surface area contributed by atoms with Crippen LogP contribution in [0.4, 0.5) is 11.5 Å². The molecule has 1 aromatic carbocycles. The monoisotopic (exact) mass is 310 g/mol. The molecule has 1 aromatic heterocycles. The van der Waals surface area contributed by atoms with Gasteiger partial charge in [0.05, 0.1) is 16.4 Å². The average Bonchev–Trinajstić information content (AvgIpc) is 2.42. The summed E-state index contributed by atoms with van der Waals surface area (Å²) in [5.41, 5.74) is 2.31. The molecule has 0 aliphatic rings. The first kappa shape index (κ1) is 14.6. The van der Waals surface area contributed by atoms with E-state index in [1.807, 2.05) is 13.0 Å². The van der Waals surface area contributed by atoms with Gasteiger partial charge in [-0.15, -0.1) is 0 Å². The molecule has 4 nitrogen and oxygen atoms in total. The number of benzene rings is 1. The second-order valence-corrected chi connectivity index (χ2v) is 4.97. The first-order chi connectivity index (χ1) is 9.60. The van der Waals surface area contributed by atoms with E-state index in [4.69, 9.17) is 23.2 Å². The number of hydrogen-bond acceptors (Lipinski definition) is 4. The lowest BCUT2D eigenvalue weighted by Gasteiger charge is -2.11. The highest BCUT2D eigenvalue weighted by Crippen LogP contribution is 2.28. The van der Waals surface area contributed by atoms with E-state index in [0.717, 1.165) is 5.56 Å². The van der Waals surface area contributed by atoms with Crippen LogP contribution in [0.15, 0.2) is 30.3 Å². The van der Waals surface area contributed by atoms with Crippen LogP contribution in [0.1, 0.15) is 11.3 Å². The fourth-order valence-electron chi connectivity index (χ4n) is 1.61. The fourth-order valence-corrected chi connectivity index (χ4v) is 2.07. The Morgan fingerprint density at radius 1 is 1.30 bits per heavy atom. The van der Waals surface area contributed by atoms with E-state index in [1.165, 1.54) is 0 Å². The molecule has 0 atom stereocenters. The van der Waals surface area contributed by atoms with Gasteiger partial charge in [-0.1, -0.05) is 29.3 Å². The summed E-state index contributed by atoms with van der Waals surface area (Å²) in [6, 6.07) is 8.86. The Kier molecular flexibility index (Phi) is 4.82. The van der Waals surface area contributed by atoms with Gasteiger partial charge in [-0.25, -0.2) is 4.98 Å². The number of aromatic nitrogens is 1. The van der Waals surface area contributed by atoms with Crippen molar-refractivity contribution in [2.45, 2.75) is 13.5 Å². The van der Waals surface area contributed by atoms with Crippen molar-refractivity contribution in [3.63, 3.8) is 0 Å². The van der Waals surface area contributed by atoms with Crippen molar-refractivity contribution in [2.24, 2.45) is 0 Å². The van der Waals surface area contributed by atoms with Crippen LogP contribution in [0.3, 0.4) is 0 Å². The molecule has 0 fully saturated rings. The topological polar surface area (TPSA) is 51.2 Å². The summed E-state index contributed by atoms with van der Waals surface area (Å²) in [4.78, 5) is 14.6. The number of hydrogen-bond donors (Lipinski definition) is 1. The zero-order valence-electron chi connectivity index (χ0n) is 10.7. The zero-order chi connectivity index (χ0) is 14.5. The predicted molar refractivity (Wildman–Crippen MR) is 79.6 cm³/mol. The van der Waals surface area contributed by atoms with Gasteiger partial charge in [0, 0.05) is 5.02 Å². The minimum Gasteiger partial charge on any atom is -0.461 e. The highest BCUT2D eigenvalue weighted by Gasteiger charge is 2.06. The van der Waals surface area contributed by atoms with Crippen molar-refractivity contribution in [3.8, 4) is 0 Å². The second-order valence-electron chi connectivity index (χ2n) is 4.12. The van der Waals surface area contributed by atoms with Crippen LogP contribution in [0, 0.1) is 6.92 Å². The van der Waals surface area contributed by atoms with Gasteiger partial charge in [-0.3, -0.25) is 4.79 Å². The summed E-state index contributed by atoms with van der Waals surface area (Å²) >= 11 is 12.0. The number of nitrogens with one attached hydrogen (secondary N) is 1. The molecule has 2 rings (SSSR count). The van der Waals surface area contributed by atoms with Crippen LogP contribution in [-0.2, 0) is 16.1 Å². The molecule has 2 aromatic rings. The minimum atomic E-state index is 0.132. The highest BCUT2D eigenvalue weighted by atomic mass is 35.5. The maximum absolute atomic E-state index is 10.2. The van der Waals surface area contributed by atoms with Gasteiger partial charge in [0.2, 0.25) is 0 Å². The molecule has 0 unspecified atom stereocenters. The summed E-state index contributed by atoms with van der Waals surface area (Å²) < 4.78 is 4.69. The van der Waals surface area contributed by atoms with E-state index in [-0.39, 0.29) is 6.61 Å². The molecule has 1 heterocycles. The quantitative estimate of drug-likeness (QED) is 0.844. The number of nitrogens with zero attached hydrogens (tertiary/aromatic N) is 1. The number of carbonyl (C=O) groups is 1. The lowest BCUT2D eigenvalue weighted by molar-refractivity contribution is -0.129. The summed E-state index contributed by atoms with van der Waals surface area (Å²) in [6.07, 6.45) is 0. The predicted octanol–water partition coefficient (Wildman–Crippen LogP) is 4.11. The molecular formula is C14H12Cl2N2O2. The van der Waals surface area contributed by atoms with Crippen LogP contribution in [0.5, 0.6) is 0 Å². The normalized spacial score (nSPS) is 10.2. The standard InChI is InChI=1S/C14H12Cl2N2O2/c1-9-2-4-11(7-20-8-19)17-14(9)18-13-5-3-10(15)6-12(13)16/h2-6,8H,7H2,1H3,(H,17,18). The van der Waals surface area contributed by atoms with Crippen molar-refractivity contribution in [2.75, 3.05) is 5.32 Å². The smallest absolute Gasteiger partial charge is 0.293 e. The van der Waals surface area contributed by atoms with Gasteiger partial charge in [0.15, 0.2) is 0 Å². The van der Waals surface area contributed by atoms with Crippen LogP contribution in [0.2, 0.25) is 10.0 Å². The molecule has 0 aliphatic carbocycles. The van der Waals surface area contributed by atoms with Crippen LogP contribution in [-0.4, -0.2) is 11.5 Å². The van der Waals surface area contributed by atoms with Gasteiger partial charge in [0.25, 0.3) is 6.47 Å². The molecule has 0 aliphatic heterocycles. The number of rotatable bonds is 5. The summed E-state index contributed by atoms with van der Waals surface area (Å²) in [6.45, 7) is 2.45. The van der Waals surface area contributed by atoms with Crippen molar-refractivity contribution >= 4 is 41.2 Å². The van der Waals surface area contributed by atoms with Gasteiger partial charge >= 0.3 is 0 Å². The Morgan fingerprint density at radius 2 is 2.10 bits per heavy atom. The molecular weight excluding hydrogens is 299 g/mol. The number of carbonyl (C=O) groups excluding carboxylic acids is 1. The molecule has 104 valence electrons. The van der Waals surface area contributed by atoms with Crippen molar-refractivity contribution < 1.29 is 9.53 Å². The Balaban J connectivity index is 2.25. The van der Waals surface area contributed by atoms with E-state index >= 15 is 0 Å². The van der Waals surface area contributed by atoms with Crippen molar-refractivity contribution in [3.05, 3.63) is 51.6 Å². The number of anilines is 2. The maximum Gasteiger partial charge on any atom is 0.293 e. The first-order valence-electron chi connectivity index (χ1n) is 5.84. The molecule has 6 heteroatoms.